The van der Waals surface area contributed by atoms with Crippen molar-refractivity contribution in [3.05, 3.63) is 11.6 Å². The molecule has 0 bridgehead atoms. The predicted octanol–water partition coefficient (Wildman–Crippen LogP) is 1.32. The molecule has 3 fully saturated rings. The van der Waals surface area contributed by atoms with Crippen LogP contribution in [0.2, 0.25) is 0 Å². The molecule has 0 aromatic rings. The summed E-state index contributed by atoms with van der Waals surface area (Å²) in [6, 6.07) is 0. The fraction of sp³-hybridized carbons (Fsp3) is 0.750. The van der Waals surface area contributed by atoms with Crippen LogP contribution in [0.25, 0.3) is 0 Å². The van der Waals surface area contributed by atoms with Crippen molar-refractivity contribution >= 4 is 17.7 Å². The van der Waals surface area contributed by atoms with Crippen LogP contribution in [-0.4, -0.2) is 53.9 Å². The van der Waals surface area contributed by atoms with Gasteiger partial charge in [0.15, 0.2) is 5.60 Å². The summed E-state index contributed by atoms with van der Waals surface area (Å²) in [5, 5.41) is 11.2. The number of methoxy groups -OCH3 is 1. The van der Waals surface area contributed by atoms with E-state index in [0.29, 0.717) is 6.42 Å². The first kappa shape index (κ1) is 18.6. The van der Waals surface area contributed by atoms with Crippen LogP contribution in [0.4, 0.5) is 0 Å². The van der Waals surface area contributed by atoms with Gasteiger partial charge in [-0.2, -0.15) is 0 Å². The van der Waals surface area contributed by atoms with Gasteiger partial charge in [-0.25, -0.2) is 4.79 Å². The largest absolute Gasteiger partial charge is 0.469 e. The molecule has 1 spiro atoms. The number of esters is 2. The van der Waals surface area contributed by atoms with Crippen molar-refractivity contribution in [3.8, 4) is 0 Å². The van der Waals surface area contributed by atoms with E-state index in [0.717, 1.165) is 18.4 Å². The summed E-state index contributed by atoms with van der Waals surface area (Å²) in [4.78, 5) is 36.7. The third-order valence-electron chi connectivity index (χ3n) is 7.52. The van der Waals surface area contributed by atoms with Crippen molar-refractivity contribution in [2.75, 3.05) is 7.11 Å². The molecule has 2 saturated carbocycles. The summed E-state index contributed by atoms with van der Waals surface area (Å²) >= 11 is 0. The second-order valence-electron chi connectivity index (χ2n) is 8.81. The van der Waals surface area contributed by atoms with Crippen LogP contribution in [-0.2, 0) is 28.6 Å². The van der Waals surface area contributed by atoms with Crippen molar-refractivity contribution in [2.24, 2.45) is 16.7 Å². The highest BCUT2D eigenvalue weighted by Crippen LogP contribution is 2.70. The highest BCUT2D eigenvalue weighted by atomic mass is 16.7. The van der Waals surface area contributed by atoms with Gasteiger partial charge >= 0.3 is 11.9 Å². The molecule has 148 valence electrons. The van der Waals surface area contributed by atoms with E-state index in [-0.39, 0.29) is 18.1 Å². The van der Waals surface area contributed by atoms with E-state index in [4.69, 9.17) is 14.2 Å². The number of ketones is 1. The van der Waals surface area contributed by atoms with E-state index >= 15 is 0 Å². The van der Waals surface area contributed by atoms with E-state index in [1.807, 2.05) is 13.8 Å². The van der Waals surface area contributed by atoms with Crippen LogP contribution < -0.4 is 0 Å². The second-order valence-corrected chi connectivity index (χ2v) is 8.81. The predicted molar refractivity (Wildman–Crippen MR) is 92.4 cm³/mol. The first-order valence-corrected chi connectivity index (χ1v) is 9.48. The van der Waals surface area contributed by atoms with Crippen LogP contribution in [0.15, 0.2) is 11.6 Å². The molecule has 0 aromatic carbocycles. The molecule has 27 heavy (non-hydrogen) atoms. The van der Waals surface area contributed by atoms with Gasteiger partial charge in [-0.3, -0.25) is 9.59 Å². The van der Waals surface area contributed by atoms with Crippen LogP contribution in [0, 0.1) is 16.7 Å². The number of hydrogen-bond donors (Lipinski definition) is 1. The number of carbonyl (C=O) groups is 3. The normalized spacial score (nSPS) is 47.6. The van der Waals surface area contributed by atoms with Crippen molar-refractivity contribution in [2.45, 2.75) is 70.4 Å². The SMILES string of the molecule is COC(=O)CC1OC(=O)C=C2[C@@]13O[C@@H]3[C@@H](O)[C@H]1[C@@](C)(C(C)=O)CCC[C@]21C. The van der Waals surface area contributed by atoms with Gasteiger partial charge < -0.3 is 19.3 Å². The van der Waals surface area contributed by atoms with Crippen LogP contribution in [0.5, 0.6) is 0 Å². The quantitative estimate of drug-likeness (QED) is 0.583. The number of aliphatic hydroxyl groups excluding tert-OH is 1. The minimum absolute atomic E-state index is 0.0377. The van der Waals surface area contributed by atoms with E-state index in [1.165, 1.54) is 13.2 Å². The highest BCUT2D eigenvalue weighted by Gasteiger charge is 2.79. The second kappa shape index (κ2) is 5.64. The van der Waals surface area contributed by atoms with E-state index in [9.17, 15) is 19.5 Å². The summed E-state index contributed by atoms with van der Waals surface area (Å²) < 4.78 is 16.2. The van der Waals surface area contributed by atoms with Crippen LogP contribution in [0.3, 0.4) is 0 Å². The maximum atomic E-state index is 12.5. The number of fused-ring (bicyclic) bond motifs is 2. The fourth-order valence-corrected chi connectivity index (χ4v) is 6.14. The Morgan fingerprint density at radius 3 is 2.67 bits per heavy atom. The molecule has 1 unspecified atom stereocenters. The zero-order valence-corrected chi connectivity index (χ0v) is 16.1. The molecule has 1 saturated heterocycles. The van der Waals surface area contributed by atoms with Gasteiger partial charge in [0.05, 0.1) is 19.6 Å². The molecule has 4 rings (SSSR count). The third kappa shape index (κ3) is 2.24. The molecule has 2 aliphatic heterocycles. The molecular formula is C20H26O7. The third-order valence-corrected chi connectivity index (χ3v) is 7.52. The average molecular weight is 378 g/mol. The van der Waals surface area contributed by atoms with Gasteiger partial charge in [0.2, 0.25) is 0 Å². The lowest BCUT2D eigenvalue weighted by Crippen LogP contribution is -2.63. The van der Waals surface area contributed by atoms with E-state index in [2.05, 4.69) is 0 Å². The lowest BCUT2D eigenvalue weighted by Gasteiger charge is -2.57. The summed E-state index contributed by atoms with van der Waals surface area (Å²) in [6.45, 7) is 5.47. The fourth-order valence-electron chi connectivity index (χ4n) is 6.14. The smallest absolute Gasteiger partial charge is 0.331 e. The zero-order valence-electron chi connectivity index (χ0n) is 16.1. The summed E-state index contributed by atoms with van der Waals surface area (Å²) in [6.07, 6.45) is 1.26. The number of epoxide rings is 1. The monoisotopic (exact) mass is 378 g/mol. The lowest BCUT2D eigenvalue weighted by molar-refractivity contribution is -0.160. The molecule has 1 N–H and O–H groups in total. The Bertz CT molecular complexity index is 757. The van der Waals surface area contributed by atoms with Gasteiger partial charge in [0.1, 0.15) is 18.0 Å². The minimum Gasteiger partial charge on any atom is -0.469 e. The number of Topliss-reactive ketones (excluding diaryl/α,β-unsaturated/α-hetero) is 1. The standard InChI is InChI=1S/C20H26O7/c1-10(21)18(2)6-5-7-19(3)11-8-14(23)26-12(9-13(22)25-4)20(11)17(27-20)15(24)16(18)19/h8,12,15-17,24H,5-7,9H2,1-4H3/t12?,15-,16-,17+,18+,19+,20+/m0/s1. The van der Waals surface area contributed by atoms with Gasteiger partial charge in [-0.15, -0.1) is 0 Å². The summed E-state index contributed by atoms with van der Waals surface area (Å²) in [7, 11) is 1.28. The Morgan fingerprint density at radius 1 is 1.33 bits per heavy atom. The maximum Gasteiger partial charge on any atom is 0.331 e. The van der Waals surface area contributed by atoms with E-state index < -0.39 is 46.7 Å². The van der Waals surface area contributed by atoms with Gasteiger partial charge in [0.25, 0.3) is 0 Å². The number of rotatable bonds is 3. The molecule has 4 aliphatic rings. The molecular weight excluding hydrogens is 352 g/mol. The molecule has 7 nitrogen and oxygen atoms in total. The Kier molecular flexibility index (Phi) is 3.89. The van der Waals surface area contributed by atoms with Gasteiger partial charge in [-0.1, -0.05) is 20.3 Å². The van der Waals surface area contributed by atoms with Crippen molar-refractivity contribution in [1.82, 2.24) is 0 Å². The molecule has 0 aromatic heterocycles. The topological polar surface area (TPSA) is 102 Å². The van der Waals surface area contributed by atoms with Crippen molar-refractivity contribution in [1.29, 1.82) is 0 Å². The van der Waals surface area contributed by atoms with Gasteiger partial charge in [0, 0.05) is 17.4 Å². The first-order chi connectivity index (χ1) is 12.6. The maximum absolute atomic E-state index is 12.5. The first-order valence-electron chi connectivity index (χ1n) is 9.48. The molecule has 0 radical (unpaired) electrons. The lowest BCUT2D eigenvalue weighted by atomic mass is 9.45. The Balaban J connectivity index is 1.82. The summed E-state index contributed by atoms with van der Waals surface area (Å²) in [5.41, 5.74) is -1.52. The minimum atomic E-state index is -0.998. The Hall–Kier alpha value is -1.73. The molecule has 7 atom stereocenters. The van der Waals surface area contributed by atoms with Crippen molar-refractivity contribution in [3.63, 3.8) is 0 Å². The Morgan fingerprint density at radius 2 is 2.04 bits per heavy atom. The number of aliphatic hydroxyl groups is 1. The number of carbonyl (C=O) groups excluding carboxylic acids is 3. The zero-order chi connectivity index (χ0) is 19.8. The molecule has 2 heterocycles. The summed E-state index contributed by atoms with van der Waals surface area (Å²) in [5.74, 6) is -1.34. The van der Waals surface area contributed by atoms with E-state index in [1.54, 1.807) is 6.92 Å². The molecule has 7 heteroatoms. The average Bonchev–Trinajstić information content (AvgIpc) is 3.33. The molecule has 0 amide bonds. The number of hydrogen-bond acceptors (Lipinski definition) is 7. The van der Waals surface area contributed by atoms with Crippen molar-refractivity contribution < 1.29 is 33.7 Å². The van der Waals surface area contributed by atoms with Gasteiger partial charge in [-0.05, 0) is 30.8 Å². The Labute approximate surface area is 158 Å². The molecule has 2 aliphatic carbocycles. The van der Waals surface area contributed by atoms with Crippen LogP contribution >= 0.6 is 0 Å². The van der Waals surface area contributed by atoms with Crippen LogP contribution in [0.1, 0.15) is 46.5 Å². The number of cyclic esters (lactones) is 1. The highest BCUT2D eigenvalue weighted by molar-refractivity contribution is 5.87. The number of ether oxygens (including phenoxy) is 3.